The molecule has 0 fully saturated rings. The van der Waals surface area contributed by atoms with E-state index in [0.29, 0.717) is 0 Å². The van der Waals surface area contributed by atoms with E-state index < -0.39 is 36.4 Å². The quantitative estimate of drug-likeness (QED) is 0.456. The SMILES string of the molecule is [2H]OC(=O)C([2H])([2H])C([2H])([2H])[C@@]([2H])(C(=O)O[2H])[15N]([2H])[2H]. The first-order valence-corrected chi connectivity index (χ1v) is 2.04. The highest BCUT2D eigenvalue weighted by Crippen LogP contribution is 1.93. The highest BCUT2D eigenvalue weighted by molar-refractivity contribution is 5.74. The van der Waals surface area contributed by atoms with Gasteiger partial charge in [0.1, 0.15) is 8.84 Å². The Morgan fingerprint density at radius 1 is 1.90 bits per heavy atom. The van der Waals surface area contributed by atoms with E-state index in [-0.39, 0.29) is 0 Å². The topological polar surface area (TPSA) is 101 Å². The molecule has 0 amide bonds. The minimum atomic E-state index is -3.82. The Balaban J connectivity index is 5.95. The summed E-state index contributed by atoms with van der Waals surface area (Å²) in [5, 5.41) is 6.57. The Labute approximate surface area is 70.4 Å². The molecular weight excluding hydrogens is 139 g/mol. The van der Waals surface area contributed by atoms with E-state index >= 15 is 0 Å². The van der Waals surface area contributed by atoms with Crippen LogP contribution in [0.2, 0.25) is 2.82 Å². The summed E-state index contributed by atoms with van der Waals surface area (Å²) in [6.45, 7) is 0. The molecule has 0 aliphatic carbocycles. The lowest BCUT2D eigenvalue weighted by Crippen LogP contribution is -2.30. The van der Waals surface area contributed by atoms with Crippen LogP contribution in [-0.4, -0.2) is 28.2 Å². The van der Waals surface area contributed by atoms with E-state index in [2.05, 4.69) is 10.2 Å². The highest BCUT2D eigenvalue weighted by atomic mass is 16.4. The standard InChI is InChI=1S/C5H9NO4/c6-3(5(9)10)1-2-4(7)8/h3H,1-2,6H2,(H,7,8)(H,9,10)/t3-/m0/s1/i1D2,2D2,3D,6+1/hD4. The van der Waals surface area contributed by atoms with Crippen LogP contribution >= 0.6 is 0 Å². The molecule has 0 heterocycles. The number of nitrogens with two attached hydrogens (primary N) is 1. The Bertz CT molecular complexity index is 374. The van der Waals surface area contributed by atoms with Crippen molar-refractivity contribution >= 4 is 11.9 Å². The minimum absolute atomic E-state index is 0.848. The molecule has 0 aliphatic rings. The van der Waals surface area contributed by atoms with Crippen molar-refractivity contribution in [1.29, 1.82) is 2.86 Å². The Hall–Kier alpha value is -1.10. The number of carboxylic acid groups (broad SMARTS) is 2. The zero-order valence-electron chi connectivity index (χ0n) is 13.6. The van der Waals surface area contributed by atoms with Gasteiger partial charge in [-0.25, -0.2) is 0 Å². The van der Waals surface area contributed by atoms with Gasteiger partial charge in [-0.1, -0.05) is 0 Å². The van der Waals surface area contributed by atoms with Crippen LogP contribution in [0.15, 0.2) is 0 Å². The number of carbonyl (C=O) groups is 2. The molecule has 0 spiro atoms. The predicted molar refractivity (Wildman–Crippen MR) is 32.5 cm³/mol. The highest BCUT2D eigenvalue weighted by Gasteiger charge is 2.12. The molecule has 4 N–H and O–H groups in total. The zero-order valence-corrected chi connectivity index (χ0v) is 4.58. The minimum Gasteiger partial charge on any atom is -0.481 e. The summed E-state index contributed by atoms with van der Waals surface area (Å²) >= 11 is 0. The number of carboxylic acids is 2. The molecule has 0 aromatic carbocycles. The first-order chi connectivity index (χ1) is 8.41. The Morgan fingerprint density at radius 3 is 3.20 bits per heavy atom. The summed E-state index contributed by atoms with van der Waals surface area (Å²) in [5.74, 6) is -4.17. The van der Waals surface area contributed by atoms with E-state index in [4.69, 9.17) is 12.5 Å². The van der Waals surface area contributed by atoms with E-state index in [1.54, 1.807) is 0 Å². The molecule has 0 saturated heterocycles. The summed E-state index contributed by atoms with van der Waals surface area (Å²) in [4.78, 5) is 22.2. The van der Waals surface area contributed by atoms with E-state index in [1.165, 1.54) is 0 Å². The van der Waals surface area contributed by atoms with Crippen molar-refractivity contribution in [2.24, 2.45) is 5.72 Å². The van der Waals surface area contributed by atoms with Crippen molar-refractivity contribution in [2.75, 3.05) is 0 Å². The zero-order chi connectivity index (χ0) is 15.6. The summed E-state index contributed by atoms with van der Waals surface area (Å²) in [7, 11) is 0. The Kier molecular flexibility index (Phi) is 0.746. The molecule has 1 atom stereocenters. The number of aliphatic carboxylic acids is 2. The van der Waals surface area contributed by atoms with Crippen LogP contribution in [0, 0.1) is 0 Å². The molecule has 10 heavy (non-hydrogen) atoms. The normalized spacial score (nSPS) is 31.1. The van der Waals surface area contributed by atoms with Crippen LogP contribution in [0.1, 0.15) is 19.6 Å². The molecule has 5 nitrogen and oxygen atoms in total. The molecule has 0 bridgehead atoms. The van der Waals surface area contributed by atoms with Crippen LogP contribution in [0.3, 0.4) is 0 Å². The smallest absolute Gasteiger partial charge is 0.320 e. The van der Waals surface area contributed by atoms with Gasteiger partial charge >= 0.3 is 11.9 Å². The second-order valence-electron chi connectivity index (χ2n) is 1.17. The number of hydrogen-bond donors (Lipinski definition) is 3. The van der Waals surface area contributed by atoms with Gasteiger partial charge in [-0.3, -0.25) is 9.59 Å². The van der Waals surface area contributed by atoms with Gasteiger partial charge in [0.2, 0.25) is 0 Å². The lowest BCUT2D eigenvalue weighted by atomic mass is 10.2. The summed E-state index contributed by atoms with van der Waals surface area (Å²) in [5.41, 5.74) is -0.848. The maximum atomic E-state index is 11.2. The molecule has 0 radical (unpaired) electrons. The molecule has 0 aromatic heterocycles. The summed E-state index contributed by atoms with van der Waals surface area (Å²) < 4.78 is 62.5. The molecule has 0 unspecified atom stereocenters. The maximum absolute atomic E-state index is 11.2. The average Bonchev–Trinajstić information content (AvgIpc) is 2.34. The fourth-order valence-corrected chi connectivity index (χ4v) is 0.161. The van der Waals surface area contributed by atoms with Gasteiger partial charge in [0, 0.05) is 11.9 Å². The van der Waals surface area contributed by atoms with Gasteiger partial charge in [-0.05, 0) is 6.37 Å². The average molecular weight is 157 g/mol. The monoisotopic (exact) mass is 157 g/mol. The van der Waals surface area contributed by atoms with Crippen molar-refractivity contribution in [3.8, 4) is 0 Å². The van der Waals surface area contributed by atoms with Gasteiger partial charge in [0.05, 0.1) is 1.37 Å². The maximum Gasteiger partial charge on any atom is 0.320 e. The summed E-state index contributed by atoms with van der Waals surface area (Å²) in [6, 6.07) is -3.69. The molecule has 5 heteroatoms. The second-order valence-corrected chi connectivity index (χ2v) is 1.17. The van der Waals surface area contributed by atoms with E-state index in [1.807, 2.05) is 0 Å². The largest absolute Gasteiger partial charge is 0.481 e. The van der Waals surface area contributed by atoms with Crippen molar-refractivity contribution in [1.82, 2.24) is 0 Å². The van der Waals surface area contributed by atoms with Crippen LogP contribution < -0.4 is 5.72 Å². The van der Waals surface area contributed by atoms with Gasteiger partial charge < -0.3 is 15.9 Å². The van der Waals surface area contributed by atoms with Gasteiger partial charge in [0.15, 0.2) is 0 Å². The number of rotatable bonds is 5. The van der Waals surface area contributed by atoms with Crippen molar-refractivity contribution in [3.63, 3.8) is 0 Å². The van der Waals surface area contributed by atoms with Crippen LogP contribution in [0.25, 0.3) is 2.86 Å². The van der Waals surface area contributed by atoms with Gasteiger partial charge in [0.25, 0.3) is 2.86 Å². The van der Waals surface area contributed by atoms with Crippen molar-refractivity contribution < 1.29 is 29.5 Å². The van der Waals surface area contributed by atoms with E-state index in [9.17, 15) is 9.59 Å². The molecule has 0 aliphatic heterocycles. The van der Waals surface area contributed by atoms with Gasteiger partial charge in [-0.2, -0.15) is 0 Å². The van der Waals surface area contributed by atoms with Crippen molar-refractivity contribution in [3.05, 3.63) is 0 Å². The summed E-state index contributed by atoms with van der Waals surface area (Å²) in [6.07, 6.45) is -7.54. The predicted octanol–water partition coefficient (Wildman–Crippen LogP) is -0.737. The van der Waals surface area contributed by atoms with Gasteiger partial charge in [-0.15, -0.1) is 0 Å². The third-order valence-corrected chi connectivity index (χ3v) is 0.476. The second kappa shape index (κ2) is 3.84. The third kappa shape index (κ3) is 3.85. The fraction of sp³-hybridized carbons (Fsp3) is 0.600. The van der Waals surface area contributed by atoms with Crippen LogP contribution in [0.4, 0.5) is 0 Å². The Morgan fingerprint density at radius 2 is 2.70 bits per heavy atom. The molecule has 0 saturated carbocycles. The molecule has 0 aromatic rings. The lowest BCUT2D eigenvalue weighted by molar-refractivity contribution is -0.139. The first-order valence-electron chi connectivity index (χ1n) is 6.25. The molecule has 58 valence electrons. The molecular formula is C5H9NO4. The molecule has 0 rings (SSSR count). The van der Waals surface area contributed by atoms with Crippen molar-refractivity contribution in [2.45, 2.75) is 18.8 Å². The van der Waals surface area contributed by atoms with Crippen LogP contribution in [-0.2, 0) is 9.59 Å². The fourth-order valence-electron chi connectivity index (χ4n) is 0.161. The van der Waals surface area contributed by atoms with Crippen LogP contribution in [0.5, 0.6) is 0 Å². The first kappa shape index (κ1) is 1.94. The lowest BCUT2D eigenvalue weighted by Gasteiger charge is -2.01. The van der Waals surface area contributed by atoms with E-state index in [0.717, 1.165) is 0 Å². The third-order valence-electron chi connectivity index (χ3n) is 0.476. The number of hydrogen-bond acceptors (Lipinski definition) is 5.